The summed E-state index contributed by atoms with van der Waals surface area (Å²) in [5, 5.41) is 1.96. The zero-order chi connectivity index (χ0) is 13.5. The SMILES string of the molecule is CC(C)CN(CCCC(=O)c1cccs1)C(C)C. The number of hydrogen-bond acceptors (Lipinski definition) is 3. The summed E-state index contributed by atoms with van der Waals surface area (Å²) in [6.45, 7) is 11.1. The van der Waals surface area contributed by atoms with Crippen molar-refractivity contribution in [2.75, 3.05) is 13.1 Å². The Morgan fingerprint density at radius 1 is 1.33 bits per heavy atom. The molecular formula is C15H25NOS. The van der Waals surface area contributed by atoms with Gasteiger partial charge < -0.3 is 4.90 Å². The molecule has 3 heteroatoms. The molecule has 0 saturated carbocycles. The quantitative estimate of drug-likeness (QED) is 0.662. The highest BCUT2D eigenvalue weighted by molar-refractivity contribution is 7.12. The second kappa shape index (κ2) is 7.70. The van der Waals surface area contributed by atoms with Crippen LogP contribution >= 0.6 is 11.3 Å². The van der Waals surface area contributed by atoms with Gasteiger partial charge in [-0.3, -0.25) is 4.79 Å². The molecule has 0 aromatic carbocycles. The highest BCUT2D eigenvalue weighted by Crippen LogP contribution is 2.13. The molecule has 0 aliphatic carbocycles. The molecule has 0 fully saturated rings. The van der Waals surface area contributed by atoms with Crippen molar-refractivity contribution >= 4 is 17.1 Å². The van der Waals surface area contributed by atoms with Gasteiger partial charge in [-0.1, -0.05) is 19.9 Å². The molecule has 0 amide bonds. The molecule has 0 N–H and O–H groups in total. The minimum Gasteiger partial charge on any atom is -0.301 e. The molecule has 0 unspecified atom stereocenters. The number of rotatable bonds is 8. The van der Waals surface area contributed by atoms with E-state index in [0.29, 0.717) is 24.2 Å². The molecule has 1 aromatic heterocycles. The lowest BCUT2D eigenvalue weighted by Crippen LogP contribution is -2.35. The van der Waals surface area contributed by atoms with Crippen LogP contribution < -0.4 is 0 Å². The van der Waals surface area contributed by atoms with E-state index in [1.807, 2.05) is 17.5 Å². The lowest BCUT2D eigenvalue weighted by Gasteiger charge is -2.28. The van der Waals surface area contributed by atoms with Crippen molar-refractivity contribution in [1.29, 1.82) is 0 Å². The number of hydrogen-bond donors (Lipinski definition) is 0. The van der Waals surface area contributed by atoms with Gasteiger partial charge in [-0.05, 0) is 44.2 Å². The summed E-state index contributed by atoms with van der Waals surface area (Å²) in [6, 6.07) is 4.42. The first-order chi connectivity index (χ1) is 8.50. The van der Waals surface area contributed by atoms with Gasteiger partial charge in [0.25, 0.3) is 0 Å². The van der Waals surface area contributed by atoms with Crippen LogP contribution in [0.2, 0.25) is 0 Å². The molecule has 0 saturated heterocycles. The summed E-state index contributed by atoms with van der Waals surface area (Å²) < 4.78 is 0. The molecule has 0 aliphatic heterocycles. The van der Waals surface area contributed by atoms with Crippen molar-refractivity contribution in [2.24, 2.45) is 5.92 Å². The maximum absolute atomic E-state index is 11.9. The Labute approximate surface area is 115 Å². The summed E-state index contributed by atoms with van der Waals surface area (Å²) in [5.74, 6) is 0.971. The van der Waals surface area contributed by atoms with Crippen molar-refractivity contribution in [3.63, 3.8) is 0 Å². The lowest BCUT2D eigenvalue weighted by molar-refractivity contribution is 0.0974. The number of carbonyl (C=O) groups excluding carboxylic acids is 1. The van der Waals surface area contributed by atoms with Gasteiger partial charge in [0.05, 0.1) is 4.88 Å². The number of carbonyl (C=O) groups is 1. The predicted molar refractivity (Wildman–Crippen MR) is 79.4 cm³/mol. The van der Waals surface area contributed by atoms with Crippen LogP contribution in [-0.4, -0.2) is 29.8 Å². The van der Waals surface area contributed by atoms with Gasteiger partial charge in [-0.2, -0.15) is 0 Å². The molecular weight excluding hydrogens is 242 g/mol. The average Bonchev–Trinajstić information content (AvgIpc) is 2.80. The van der Waals surface area contributed by atoms with Gasteiger partial charge in [0.2, 0.25) is 0 Å². The van der Waals surface area contributed by atoms with Crippen molar-refractivity contribution in [3.8, 4) is 0 Å². The van der Waals surface area contributed by atoms with Gasteiger partial charge in [-0.15, -0.1) is 11.3 Å². The van der Waals surface area contributed by atoms with Crippen molar-refractivity contribution in [1.82, 2.24) is 4.90 Å². The largest absolute Gasteiger partial charge is 0.301 e. The standard InChI is InChI=1S/C15H25NOS/c1-12(2)11-16(13(3)4)9-5-7-14(17)15-8-6-10-18-15/h6,8,10,12-13H,5,7,9,11H2,1-4H3. The Morgan fingerprint density at radius 3 is 2.56 bits per heavy atom. The predicted octanol–water partition coefficient (Wildman–Crippen LogP) is 4.08. The molecule has 2 nitrogen and oxygen atoms in total. The Hall–Kier alpha value is -0.670. The van der Waals surface area contributed by atoms with Crippen molar-refractivity contribution in [3.05, 3.63) is 22.4 Å². The van der Waals surface area contributed by atoms with Crippen LogP contribution in [0.1, 0.15) is 50.2 Å². The van der Waals surface area contributed by atoms with E-state index in [1.165, 1.54) is 0 Å². The van der Waals surface area contributed by atoms with E-state index in [1.54, 1.807) is 11.3 Å². The first kappa shape index (κ1) is 15.4. The first-order valence-corrected chi connectivity index (χ1v) is 7.69. The third-order valence-corrected chi connectivity index (χ3v) is 3.89. The molecule has 0 aliphatic rings. The van der Waals surface area contributed by atoms with Crippen LogP contribution in [0.3, 0.4) is 0 Å². The molecule has 102 valence electrons. The maximum Gasteiger partial charge on any atom is 0.172 e. The first-order valence-electron chi connectivity index (χ1n) is 6.81. The van der Waals surface area contributed by atoms with Gasteiger partial charge in [0.1, 0.15) is 0 Å². The number of Topliss-reactive ketones (excluding diaryl/α,β-unsaturated/α-hetero) is 1. The van der Waals surface area contributed by atoms with Gasteiger partial charge >= 0.3 is 0 Å². The minimum absolute atomic E-state index is 0.290. The molecule has 0 spiro atoms. The van der Waals surface area contributed by atoms with Crippen LogP contribution in [-0.2, 0) is 0 Å². The molecule has 0 radical (unpaired) electrons. The van der Waals surface area contributed by atoms with E-state index in [4.69, 9.17) is 0 Å². The van der Waals surface area contributed by atoms with Crippen LogP contribution in [0, 0.1) is 5.92 Å². The van der Waals surface area contributed by atoms with Gasteiger partial charge in [-0.25, -0.2) is 0 Å². The van der Waals surface area contributed by atoms with Gasteiger partial charge in [0.15, 0.2) is 5.78 Å². The average molecular weight is 267 g/mol. The summed E-state index contributed by atoms with van der Waals surface area (Å²) in [6.07, 6.45) is 1.63. The van der Waals surface area contributed by atoms with Crippen LogP contribution in [0.15, 0.2) is 17.5 Å². The Morgan fingerprint density at radius 2 is 2.06 bits per heavy atom. The second-order valence-electron chi connectivity index (χ2n) is 5.49. The Balaban J connectivity index is 2.32. The summed E-state index contributed by atoms with van der Waals surface area (Å²) in [7, 11) is 0. The zero-order valence-corrected chi connectivity index (χ0v) is 12.8. The Bertz CT molecular complexity index is 343. The maximum atomic E-state index is 11.9. The van der Waals surface area contributed by atoms with Crippen LogP contribution in [0.5, 0.6) is 0 Å². The fraction of sp³-hybridized carbons (Fsp3) is 0.667. The third kappa shape index (κ3) is 5.32. The summed E-state index contributed by atoms with van der Waals surface area (Å²) >= 11 is 1.54. The summed E-state index contributed by atoms with van der Waals surface area (Å²) in [4.78, 5) is 15.2. The molecule has 1 rings (SSSR count). The Kier molecular flexibility index (Phi) is 6.58. The zero-order valence-electron chi connectivity index (χ0n) is 12.0. The van der Waals surface area contributed by atoms with Crippen LogP contribution in [0.25, 0.3) is 0 Å². The normalized spacial score (nSPS) is 11.7. The number of nitrogens with zero attached hydrogens (tertiary/aromatic N) is 1. The molecule has 0 bridgehead atoms. The van der Waals surface area contributed by atoms with Gasteiger partial charge in [0, 0.05) is 19.0 Å². The van der Waals surface area contributed by atoms with E-state index in [2.05, 4.69) is 32.6 Å². The molecule has 1 heterocycles. The number of thiophene rings is 1. The topological polar surface area (TPSA) is 20.3 Å². The fourth-order valence-corrected chi connectivity index (χ4v) is 2.73. The van der Waals surface area contributed by atoms with E-state index in [0.717, 1.165) is 24.4 Å². The second-order valence-corrected chi connectivity index (χ2v) is 6.43. The monoisotopic (exact) mass is 267 g/mol. The smallest absolute Gasteiger partial charge is 0.172 e. The highest BCUT2D eigenvalue weighted by atomic mass is 32.1. The van der Waals surface area contributed by atoms with Crippen LogP contribution in [0.4, 0.5) is 0 Å². The highest BCUT2D eigenvalue weighted by Gasteiger charge is 2.12. The van der Waals surface area contributed by atoms with E-state index in [-0.39, 0.29) is 0 Å². The summed E-state index contributed by atoms with van der Waals surface area (Å²) in [5.41, 5.74) is 0. The number of ketones is 1. The lowest BCUT2D eigenvalue weighted by atomic mass is 10.1. The van der Waals surface area contributed by atoms with E-state index < -0.39 is 0 Å². The van der Waals surface area contributed by atoms with Crippen molar-refractivity contribution in [2.45, 2.75) is 46.6 Å². The molecule has 18 heavy (non-hydrogen) atoms. The van der Waals surface area contributed by atoms with Crippen molar-refractivity contribution < 1.29 is 4.79 Å². The van der Waals surface area contributed by atoms with E-state index in [9.17, 15) is 4.79 Å². The third-order valence-electron chi connectivity index (χ3n) is 2.98. The fourth-order valence-electron chi connectivity index (χ4n) is 2.03. The molecule has 1 aromatic rings. The minimum atomic E-state index is 0.290. The molecule has 0 atom stereocenters. The van der Waals surface area contributed by atoms with E-state index >= 15 is 0 Å².